The number of halogens is 2. The van der Waals surface area contributed by atoms with Crippen LogP contribution in [0.15, 0.2) is 42.7 Å². The summed E-state index contributed by atoms with van der Waals surface area (Å²) in [7, 11) is 1.69. The van der Waals surface area contributed by atoms with Crippen LogP contribution in [0.3, 0.4) is 0 Å². The highest BCUT2D eigenvalue weighted by Gasteiger charge is 2.19. The van der Waals surface area contributed by atoms with Crippen molar-refractivity contribution in [2.24, 2.45) is 0 Å². The molecule has 1 aromatic heterocycles. The van der Waals surface area contributed by atoms with E-state index in [0.717, 1.165) is 5.56 Å². The van der Waals surface area contributed by atoms with Gasteiger partial charge in [-0.3, -0.25) is 9.78 Å². The number of benzene rings is 1. The normalized spacial score (nSPS) is 12.0. The molecule has 0 unspecified atom stereocenters. The number of hydrogen-bond donors (Lipinski definition) is 0. The predicted octanol–water partition coefficient (Wildman–Crippen LogP) is 3.71. The number of pyridine rings is 1. The van der Waals surface area contributed by atoms with Crippen molar-refractivity contribution in [2.75, 3.05) is 7.05 Å². The molecule has 104 valence electrons. The van der Waals surface area contributed by atoms with Gasteiger partial charge in [-0.25, -0.2) is 4.39 Å². The van der Waals surface area contributed by atoms with Crippen LogP contribution >= 0.6 is 11.6 Å². The van der Waals surface area contributed by atoms with Crippen LogP contribution in [0.2, 0.25) is 5.02 Å². The number of carbonyl (C=O) groups excluding carboxylic acids is 1. The van der Waals surface area contributed by atoms with Gasteiger partial charge in [-0.1, -0.05) is 17.7 Å². The molecule has 0 saturated heterocycles. The third kappa shape index (κ3) is 2.96. The van der Waals surface area contributed by atoms with Crippen molar-refractivity contribution in [3.8, 4) is 0 Å². The van der Waals surface area contributed by atoms with Gasteiger partial charge >= 0.3 is 0 Å². The van der Waals surface area contributed by atoms with Crippen molar-refractivity contribution in [1.82, 2.24) is 9.88 Å². The number of amides is 1. The first-order valence-electron chi connectivity index (χ1n) is 6.13. The van der Waals surface area contributed by atoms with Gasteiger partial charge in [0.2, 0.25) is 0 Å². The Hall–Kier alpha value is -1.94. The number of hydrogen-bond acceptors (Lipinski definition) is 2. The Morgan fingerprint density at radius 1 is 1.40 bits per heavy atom. The summed E-state index contributed by atoms with van der Waals surface area (Å²) in [4.78, 5) is 18.0. The third-order valence-electron chi connectivity index (χ3n) is 3.23. The molecule has 1 atom stereocenters. The van der Waals surface area contributed by atoms with Crippen molar-refractivity contribution in [3.63, 3.8) is 0 Å². The van der Waals surface area contributed by atoms with Crippen molar-refractivity contribution in [1.29, 1.82) is 0 Å². The molecule has 0 spiro atoms. The van der Waals surface area contributed by atoms with Gasteiger partial charge in [-0.05, 0) is 36.8 Å². The van der Waals surface area contributed by atoms with Crippen molar-refractivity contribution in [2.45, 2.75) is 13.0 Å². The van der Waals surface area contributed by atoms with Gasteiger partial charge in [-0.2, -0.15) is 0 Å². The Morgan fingerprint density at radius 2 is 2.15 bits per heavy atom. The topological polar surface area (TPSA) is 33.2 Å². The molecule has 2 rings (SSSR count). The fourth-order valence-corrected chi connectivity index (χ4v) is 2.04. The van der Waals surface area contributed by atoms with Crippen LogP contribution in [0.1, 0.15) is 28.9 Å². The fraction of sp³-hybridized carbons (Fsp3) is 0.200. The summed E-state index contributed by atoms with van der Waals surface area (Å²) in [6.07, 6.45) is 3.39. The number of rotatable bonds is 3. The van der Waals surface area contributed by atoms with Crippen LogP contribution in [-0.4, -0.2) is 22.8 Å². The molecular weight excluding hydrogens is 279 g/mol. The number of carbonyl (C=O) groups is 1. The Kier molecular flexibility index (Phi) is 4.35. The van der Waals surface area contributed by atoms with Gasteiger partial charge in [-0.15, -0.1) is 0 Å². The van der Waals surface area contributed by atoms with Crippen LogP contribution in [0.5, 0.6) is 0 Å². The Balaban J connectivity index is 2.22. The van der Waals surface area contributed by atoms with Crippen LogP contribution in [0, 0.1) is 5.82 Å². The average Bonchev–Trinajstić information content (AvgIpc) is 2.48. The van der Waals surface area contributed by atoms with Crippen LogP contribution in [-0.2, 0) is 0 Å². The summed E-state index contributed by atoms with van der Waals surface area (Å²) < 4.78 is 13.1. The van der Waals surface area contributed by atoms with Crippen LogP contribution < -0.4 is 0 Å². The van der Waals surface area contributed by atoms with E-state index in [9.17, 15) is 9.18 Å². The maximum atomic E-state index is 13.1. The molecule has 0 aliphatic heterocycles. The lowest BCUT2D eigenvalue weighted by Gasteiger charge is -2.25. The second-order valence-corrected chi connectivity index (χ2v) is 4.91. The monoisotopic (exact) mass is 292 g/mol. The van der Waals surface area contributed by atoms with E-state index in [4.69, 9.17) is 11.6 Å². The molecule has 2 aromatic rings. The highest BCUT2D eigenvalue weighted by molar-refractivity contribution is 6.31. The zero-order chi connectivity index (χ0) is 14.7. The van der Waals surface area contributed by atoms with Gasteiger partial charge in [0.25, 0.3) is 5.91 Å². The third-order valence-corrected chi connectivity index (χ3v) is 3.52. The minimum absolute atomic E-state index is 0.0571. The quantitative estimate of drug-likeness (QED) is 0.864. The van der Waals surface area contributed by atoms with Gasteiger partial charge in [0, 0.05) is 25.0 Å². The maximum absolute atomic E-state index is 13.1. The van der Waals surface area contributed by atoms with E-state index in [2.05, 4.69) is 4.98 Å². The Bertz CT molecular complexity index is 619. The molecule has 20 heavy (non-hydrogen) atoms. The zero-order valence-electron chi connectivity index (χ0n) is 11.2. The molecule has 0 radical (unpaired) electrons. The molecule has 0 bridgehead atoms. The standard InChI is InChI=1S/C15H14ClFN2O/c1-10(12-4-3-7-18-9-12)19(2)15(20)11-5-6-14(17)13(16)8-11/h3-10H,1-2H3/t10-/m0/s1. The summed E-state index contributed by atoms with van der Waals surface area (Å²) in [5, 5.41) is -0.0571. The smallest absolute Gasteiger partial charge is 0.254 e. The summed E-state index contributed by atoms with van der Waals surface area (Å²) >= 11 is 5.70. The van der Waals surface area contributed by atoms with Gasteiger partial charge in [0.15, 0.2) is 0 Å². The number of nitrogens with zero attached hydrogens (tertiary/aromatic N) is 2. The summed E-state index contributed by atoms with van der Waals surface area (Å²) in [5.41, 5.74) is 1.28. The second-order valence-electron chi connectivity index (χ2n) is 4.51. The lowest BCUT2D eigenvalue weighted by atomic mass is 10.1. The average molecular weight is 293 g/mol. The molecule has 0 aliphatic rings. The van der Waals surface area contributed by atoms with E-state index in [0.29, 0.717) is 5.56 Å². The van der Waals surface area contributed by atoms with Crippen LogP contribution in [0.4, 0.5) is 4.39 Å². The molecule has 0 N–H and O–H groups in total. The van der Waals surface area contributed by atoms with Crippen LogP contribution in [0.25, 0.3) is 0 Å². The van der Waals surface area contributed by atoms with Crippen molar-refractivity contribution < 1.29 is 9.18 Å². The van der Waals surface area contributed by atoms with Gasteiger partial charge in [0.1, 0.15) is 5.82 Å². The maximum Gasteiger partial charge on any atom is 0.254 e. The molecule has 1 heterocycles. The molecule has 0 aliphatic carbocycles. The second kappa shape index (κ2) is 6.01. The highest BCUT2D eigenvalue weighted by Crippen LogP contribution is 2.22. The molecule has 0 fully saturated rings. The summed E-state index contributed by atoms with van der Waals surface area (Å²) in [5.74, 6) is -0.755. The van der Waals surface area contributed by atoms with E-state index in [1.165, 1.54) is 18.2 Å². The van der Waals surface area contributed by atoms with Gasteiger partial charge < -0.3 is 4.90 Å². The Labute approximate surface area is 122 Å². The van der Waals surface area contributed by atoms with E-state index in [1.54, 1.807) is 24.3 Å². The van der Waals surface area contributed by atoms with Crippen molar-refractivity contribution >= 4 is 17.5 Å². The summed E-state index contributed by atoms with van der Waals surface area (Å²) in [6.45, 7) is 1.90. The summed E-state index contributed by atoms with van der Waals surface area (Å²) in [6, 6.07) is 7.54. The molecule has 3 nitrogen and oxygen atoms in total. The zero-order valence-corrected chi connectivity index (χ0v) is 11.9. The first-order valence-corrected chi connectivity index (χ1v) is 6.50. The Morgan fingerprint density at radius 3 is 2.75 bits per heavy atom. The molecule has 1 amide bonds. The van der Waals surface area contributed by atoms with Crippen molar-refractivity contribution in [3.05, 3.63) is 64.7 Å². The van der Waals surface area contributed by atoms with E-state index in [1.807, 2.05) is 19.1 Å². The van der Waals surface area contributed by atoms with E-state index in [-0.39, 0.29) is 17.0 Å². The molecule has 1 aromatic carbocycles. The highest BCUT2D eigenvalue weighted by atomic mass is 35.5. The first-order chi connectivity index (χ1) is 9.50. The van der Waals surface area contributed by atoms with E-state index >= 15 is 0 Å². The molecular formula is C15H14ClFN2O. The fourth-order valence-electron chi connectivity index (χ4n) is 1.86. The first kappa shape index (κ1) is 14.5. The van der Waals surface area contributed by atoms with Gasteiger partial charge in [0.05, 0.1) is 11.1 Å². The minimum Gasteiger partial charge on any atom is -0.335 e. The molecule has 0 saturated carbocycles. The SMILES string of the molecule is C[C@@H](c1cccnc1)N(C)C(=O)c1ccc(F)c(Cl)c1. The molecule has 5 heteroatoms. The lowest BCUT2D eigenvalue weighted by molar-refractivity contribution is 0.0742. The van der Waals surface area contributed by atoms with E-state index < -0.39 is 5.82 Å². The predicted molar refractivity (Wildman–Crippen MR) is 76.2 cm³/mol. The lowest BCUT2D eigenvalue weighted by Crippen LogP contribution is -2.29. The number of aromatic nitrogens is 1. The largest absolute Gasteiger partial charge is 0.335 e. The minimum atomic E-state index is -0.536.